The lowest BCUT2D eigenvalue weighted by molar-refractivity contribution is -0.138. The minimum atomic E-state index is -4.47. The first kappa shape index (κ1) is 24.9. The van der Waals surface area contributed by atoms with Gasteiger partial charge in [0.05, 0.1) is 32.3 Å². The van der Waals surface area contributed by atoms with Gasteiger partial charge in [-0.15, -0.1) is 5.10 Å². The summed E-state index contributed by atoms with van der Waals surface area (Å²) >= 11 is 0. The molecule has 1 N–H and O–H groups in total. The van der Waals surface area contributed by atoms with Crippen molar-refractivity contribution >= 4 is 5.97 Å². The molecular formula is C23H24F3N3O5. The number of hydrogen-bond donors (Lipinski definition) is 1. The van der Waals surface area contributed by atoms with Gasteiger partial charge in [-0.1, -0.05) is 6.07 Å². The van der Waals surface area contributed by atoms with Crippen molar-refractivity contribution in [2.75, 3.05) is 20.3 Å². The number of hydrogen-bond acceptors (Lipinski definition) is 6. The third kappa shape index (κ3) is 6.40. The second-order valence-electron chi connectivity index (χ2n) is 7.24. The summed E-state index contributed by atoms with van der Waals surface area (Å²) in [6.07, 6.45) is -1.18. The first-order chi connectivity index (χ1) is 16.2. The lowest BCUT2D eigenvalue weighted by Crippen LogP contribution is -2.07. The summed E-state index contributed by atoms with van der Waals surface area (Å²) in [5.41, 5.74) is 0.429. The molecule has 0 atom stereocenters. The van der Waals surface area contributed by atoms with E-state index in [1.54, 1.807) is 31.3 Å². The molecule has 1 aromatic carbocycles. The molecule has 2 aromatic heterocycles. The van der Waals surface area contributed by atoms with E-state index in [0.717, 1.165) is 17.8 Å². The normalized spacial score (nSPS) is 11.3. The second kappa shape index (κ2) is 10.9. The van der Waals surface area contributed by atoms with Gasteiger partial charge in [0, 0.05) is 29.6 Å². The number of halogens is 3. The van der Waals surface area contributed by atoms with E-state index in [1.165, 1.54) is 17.9 Å². The van der Waals surface area contributed by atoms with Gasteiger partial charge in [0.15, 0.2) is 5.82 Å². The Morgan fingerprint density at radius 2 is 1.94 bits per heavy atom. The zero-order valence-electron chi connectivity index (χ0n) is 18.6. The predicted molar refractivity (Wildman–Crippen MR) is 116 cm³/mol. The number of aryl methyl sites for hydroxylation is 1. The molecule has 0 aliphatic carbocycles. The van der Waals surface area contributed by atoms with Gasteiger partial charge >= 0.3 is 12.1 Å². The zero-order chi connectivity index (χ0) is 24.7. The molecule has 11 heteroatoms. The molecule has 0 fully saturated rings. The molecule has 3 aromatic rings. The third-order valence-corrected chi connectivity index (χ3v) is 4.81. The standard InChI is InChI=1S/C23H24F3N3O5/c1-3-33-22-16(14-29(28-22)20-9-7-17(13-27-20)23(24,25)26)5-4-10-34-19-12-18(32-2)8-6-15(19)11-21(30)31/h6-9,12-14H,3-5,10-11H2,1-2H3,(H,30,31). The van der Waals surface area contributed by atoms with Crippen molar-refractivity contribution in [3.63, 3.8) is 0 Å². The number of carbonyl (C=O) groups is 1. The van der Waals surface area contributed by atoms with E-state index < -0.39 is 17.7 Å². The van der Waals surface area contributed by atoms with Gasteiger partial charge in [0.25, 0.3) is 0 Å². The van der Waals surface area contributed by atoms with Crippen LogP contribution in [0.3, 0.4) is 0 Å². The van der Waals surface area contributed by atoms with Gasteiger partial charge in [0.1, 0.15) is 11.5 Å². The summed E-state index contributed by atoms with van der Waals surface area (Å²) in [4.78, 5) is 15.0. The highest BCUT2D eigenvalue weighted by molar-refractivity contribution is 5.71. The molecule has 182 valence electrons. The Morgan fingerprint density at radius 3 is 2.56 bits per heavy atom. The minimum absolute atomic E-state index is 0.180. The molecule has 8 nitrogen and oxygen atoms in total. The van der Waals surface area contributed by atoms with E-state index in [1.807, 2.05) is 0 Å². The summed E-state index contributed by atoms with van der Waals surface area (Å²) in [6.45, 7) is 2.45. The number of methoxy groups -OCH3 is 1. The van der Waals surface area contributed by atoms with Crippen LogP contribution in [0.1, 0.15) is 30.0 Å². The summed E-state index contributed by atoms with van der Waals surface area (Å²) in [5, 5.41) is 13.4. The van der Waals surface area contributed by atoms with Gasteiger partial charge in [-0.05, 0) is 38.0 Å². The predicted octanol–water partition coefficient (Wildman–Crippen LogP) is 4.33. The van der Waals surface area contributed by atoms with E-state index in [4.69, 9.17) is 19.3 Å². The van der Waals surface area contributed by atoms with E-state index in [2.05, 4.69) is 10.1 Å². The summed E-state index contributed by atoms with van der Waals surface area (Å²) < 4.78 is 56.3. The van der Waals surface area contributed by atoms with Crippen molar-refractivity contribution < 1.29 is 37.3 Å². The van der Waals surface area contributed by atoms with Gasteiger partial charge < -0.3 is 19.3 Å². The highest BCUT2D eigenvalue weighted by Gasteiger charge is 2.30. The van der Waals surface area contributed by atoms with Crippen LogP contribution in [-0.4, -0.2) is 46.2 Å². The minimum Gasteiger partial charge on any atom is -0.497 e. The molecule has 0 aliphatic rings. The fraction of sp³-hybridized carbons (Fsp3) is 0.348. The molecule has 0 unspecified atom stereocenters. The van der Waals surface area contributed by atoms with Crippen LogP contribution in [0.5, 0.6) is 17.4 Å². The zero-order valence-corrected chi connectivity index (χ0v) is 18.6. The fourth-order valence-corrected chi connectivity index (χ4v) is 3.18. The van der Waals surface area contributed by atoms with Crippen LogP contribution >= 0.6 is 0 Å². The maximum absolute atomic E-state index is 12.8. The Hall–Kier alpha value is -3.76. The van der Waals surface area contributed by atoms with Crippen LogP contribution in [0.25, 0.3) is 5.82 Å². The van der Waals surface area contributed by atoms with E-state index in [0.29, 0.717) is 42.4 Å². The molecule has 2 heterocycles. The maximum Gasteiger partial charge on any atom is 0.417 e. The number of carboxylic acid groups (broad SMARTS) is 1. The van der Waals surface area contributed by atoms with Gasteiger partial charge in [-0.25, -0.2) is 9.67 Å². The number of pyridine rings is 1. The Kier molecular flexibility index (Phi) is 7.98. The summed E-state index contributed by atoms with van der Waals surface area (Å²) in [6, 6.07) is 7.14. The molecule has 0 radical (unpaired) electrons. The SMILES string of the molecule is CCOc1nn(-c2ccc(C(F)(F)F)cn2)cc1CCCOc1cc(OC)ccc1CC(=O)O. The number of aliphatic carboxylic acids is 1. The van der Waals surface area contributed by atoms with Crippen molar-refractivity contribution in [2.45, 2.75) is 32.4 Å². The maximum atomic E-state index is 12.8. The summed E-state index contributed by atoms with van der Waals surface area (Å²) in [7, 11) is 1.51. The molecule has 0 saturated heterocycles. The quantitative estimate of drug-likeness (QED) is 0.409. The van der Waals surface area contributed by atoms with Gasteiger partial charge in [-0.3, -0.25) is 4.79 Å². The fourth-order valence-electron chi connectivity index (χ4n) is 3.18. The lowest BCUT2D eigenvalue weighted by atomic mass is 10.1. The smallest absolute Gasteiger partial charge is 0.417 e. The Labute approximate surface area is 193 Å². The van der Waals surface area contributed by atoms with Crippen LogP contribution in [0.15, 0.2) is 42.7 Å². The van der Waals surface area contributed by atoms with Gasteiger partial charge in [-0.2, -0.15) is 13.2 Å². The molecule has 0 saturated carbocycles. The Bertz CT molecular complexity index is 1110. The van der Waals surface area contributed by atoms with Crippen LogP contribution < -0.4 is 14.2 Å². The molecule has 3 rings (SSSR count). The topological polar surface area (TPSA) is 95.7 Å². The molecule has 0 amide bonds. The van der Waals surface area contributed by atoms with E-state index in [9.17, 15) is 18.0 Å². The molecule has 0 spiro atoms. The van der Waals surface area contributed by atoms with Crippen molar-refractivity contribution in [1.29, 1.82) is 0 Å². The largest absolute Gasteiger partial charge is 0.497 e. The Balaban J connectivity index is 1.68. The number of rotatable bonds is 11. The number of aromatic nitrogens is 3. The Morgan fingerprint density at radius 1 is 1.15 bits per heavy atom. The number of alkyl halides is 3. The number of ether oxygens (including phenoxy) is 3. The monoisotopic (exact) mass is 479 g/mol. The highest BCUT2D eigenvalue weighted by Crippen LogP contribution is 2.29. The van der Waals surface area contributed by atoms with E-state index in [-0.39, 0.29) is 18.8 Å². The van der Waals surface area contributed by atoms with Crippen molar-refractivity contribution in [2.24, 2.45) is 0 Å². The average molecular weight is 479 g/mol. The molecular weight excluding hydrogens is 455 g/mol. The van der Waals surface area contributed by atoms with Crippen LogP contribution in [0.4, 0.5) is 13.2 Å². The highest BCUT2D eigenvalue weighted by atomic mass is 19.4. The second-order valence-corrected chi connectivity index (χ2v) is 7.24. The number of nitrogens with zero attached hydrogens (tertiary/aromatic N) is 3. The average Bonchev–Trinajstić information content (AvgIpc) is 3.19. The van der Waals surface area contributed by atoms with Crippen molar-refractivity contribution in [1.82, 2.24) is 14.8 Å². The van der Waals surface area contributed by atoms with Crippen LogP contribution in [-0.2, 0) is 23.8 Å². The van der Waals surface area contributed by atoms with E-state index >= 15 is 0 Å². The first-order valence-corrected chi connectivity index (χ1v) is 10.5. The summed E-state index contributed by atoms with van der Waals surface area (Å²) in [5.74, 6) is 0.591. The molecule has 0 bridgehead atoms. The number of benzene rings is 1. The number of carboxylic acids is 1. The molecule has 0 aliphatic heterocycles. The lowest BCUT2D eigenvalue weighted by Gasteiger charge is -2.12. The first-order valence-electron chi connectivity index (χ1n) is 10.5. The van der Waals surface area contributed by atoms with Crippen molar-refractivity contribution in [3.05, 3.63) is 59.4 Å². The van der Waals surface area contributed by atoms with Crippen LogP contribution in [0.2, 0.25) is 0 Å². The van der Waals surface area contributed by atoms with Gasteiger partial charge in [0.2, 0.25) is 5.88 Å². The molecule has 34 heavy (non-hydrogen) atoms. The third-order valence-electron chi connectivity index (χ3n) is 4.81. The van der Waals surface area contributed by atoms with Crippen molar-refractivity contribution in [3.8, 4) is 23.2 Å². The van der Waals surface area contributed by atoms with Crippen LogP contribution in [0, 0.1) is 0 Å².